The number of hydrogen-bond acceptors (Lipinski definition) is 12. The molecule has 2 aromatic rings. The zero-order valence-electron chi connectivity index (χ0n) is 14.9. The molecule has 17 nitrogen and oxygen atoms in total. The summed E-state index contributed by atoms with van der Waals surface area (Å²) in [6, 6.07) is 0. The molecule has 0 amide bonds. The Bertz CT molecular complexity index is 1110. The smallest absolute Gasteiger partial charge is 0.389 e. The highest BCUT2D eigenvalue weighted by molar-refractivity contribution is 14.1. The highest BCUT2D eigenvalue weighted by Gasteiger charge is 2.46. The number of phosphoric ester groups is 1. The van der Waals surface area contributed by atoms with E-state index in [-0.39, 0.29) is 5.82 Å². The number of hydrogen-bond donors (Lipinski definition) is 6. The minimum absolute atomic E-state index is 0.122. The summed E-state index contributed by atoms with van der Waals surface area (Å²) in [4.78, 5) is 47.7. The largest absolute Gasteiger partial charge is 0.490 e. The van der Waals surface area contributed by atoms with Gasteiger partial charge in [0.15, 0.2) is 17.7 Å². The lowest BCUT2D eigenvalue weighted by atomic mass is 10.2. The number of fused-ring (bicyclic) bond motifs is 1. The average Bonchev–Trinajstić information content (AvgIpc) is 3.13. The molecule has 31 heavy (non-hydrogen) atoms. The number of anilines is 1. The molecule has 3 rings (SSSR count). The minimum atomic E-state index is -5.65. The van der Waals surface area contributed by atoms with E-state index in [0.717, 1.165) is 0 Å². The third kappa shape index (κ3) is 6.05. The van der Waals surface area contributed by atoms with Crippen molar-refractivity contribution in [1.29, 1.82) is 0 Å². The van der Waals surface area contributed by atoms with Crippen molar-refractivity contribution in [3.8, 4) is 0 Å². The van der Waals surface area contributed by atoms with E-state index >= 15 is 0 Å². The van der Waals surface area contributed by atoms with Gasteiger partial charge in [0.05, 0.1) is 23.0 Å². The van der Waals surface area contributed by atoms with E-state index < -0.39 is 52.4 Å². The van der Waals surface area contributed by atoms with Gasteiger partial charge in [-0.2, -0.15) is 8.62 Å². The van der Waals surface area contributed by atoms with Gasteiger partial charge >= 0.3 is 23.5 Å². The van der Waals surface area contributed by atoms with Crippen molar-refractivity contribution in [2.75, 3.05) is 12.3 Å². The highest BCUT2D eigenvalue weighted by atomic mass is 127. The van der Waals surface area contributed by atoms with Crippen molar-refractivity contribution >= 4 is 63.0 Å². The number of nitrogens with two attached hydrogens (primary N) is 1. The van der Waals surface area contributed by atoms with E-state index in [1.165, 1.54) is 17.2 Å². The molecule has 174 valence electrons. The highest BCUT2D eigenvalue weighted by Crippen LogP contribution is 2.66. The van der Waals surface area contributed by atoms with Crippen LogP contribution in [0.25, 0.3) is 11.2 Å². The Balaban J connectivity index is 1.69. The third-order valence-corrected chi connectivity index (χ3v) is 8.93. The summed E-state index contributed by atoms with van der Waals surface area (Å²) < 4.78 is 52.1. The molecule has 21 heteroatoms. The van der Waals surface area contributed by atoms with Crippen LogP contribution in [0, 0.1) is 0 Å². The number of alkyl halides is 1. The number of imidazole rings is 1. The quantitative estimate of drug-likeness (QED) is 0.127. The zero-order chi connectivity index (χ0) is 23.2. The Kier molecular flexibility index (Phi) is 7.25. The number of aliphatic hydroxyl groups is 1. The molecule has 0 radical (unpaired) electrons. The second kappa shape index (κ2) is 8.98. The summed E-state index contributed by atoms with van der Waals surface area (Å²) in [6.45, 7) is -0.801. The van der Waals surface area contributed by atoms with Crippen LogP contribution in [-0.2, 0) is 31.6 Å². The second-order valence-corrected chi connectivity index (χ2v) is 11.8. The summed E-state index contributed by atoms with van der Waals surface area (Å²) in [6.07, 6.45) is -0.757. The molecule has 6 atom stereocenters. The van der Waals surface area contributed by atoms with E-state index in [1.54, 1.807) is 0 Å². The van der Waals surface area contributed by atoms with Crippen LogP contribution in [0.4, 0.5) is 5.82 Å². The summed E-state index contributed by atoms with van der Waals surface area (Å²) >= 11 is 1.87. The molecule has 0 bridgehead atoms. The predicted molar refractivity (Wildman–Crippen MR) is 107 cm³/mol. The van der Waals surface area contributed by atoms with Crippen LogP contribution in [0.1, 0.15) is 6.23 Å². The molecule has 0 spiro atoms. The lowest BCUT2D eigenvalue weighted by molar-refractivity contribution is -0.0420. The third-order valence-electron chi connectivity index (χ3n) is 3.77. The summed E-state index contributed by atoms with van der Waals surface area (Å²) in [7, 11) is -16.5. The summed E-state index contributed by atoms with van der Waals surface area (Å²) in [5.74, 6) is 0.122. The molecule has 2 unspecified atom stereocenters. The minimum Gasteiger partial charge on any atom is -0.389 e. The second-order valence-electron chi connectivity index (χ2n) is 5.97. The van der Waals surface area contributed by atoms with Gasteiger partial charge < -0.3 is 35.2 Å². The Morgan fingerprint density at radius 1 is 1.13 bits per heavy atom. The molecule has 1 aliphatic heterocycles. The Hall–Kier alpha value is -0.590. The number of phosphoric acid groups is 3. The van der Waals surface area contributed by atoms with Gasteiger partial charge in [-0.25, -0.2) is 28.6 Å². The van der Waals surface area contributed by atoms with Gasteiger partial charge in [0.2, 0.25) is 0 Å². The summed E-state index contributed by atoms with van der Waals surface area (Å²) in [5, 5.41) is 10.4. The van der Waals surface area contributed by atoms with E-state index in [4.69, 9.17) is 25.2 Å². The molecule has 1 saturated heterocycles. The van der Waals surface area contributed by atoms with Gasteiger partial charge in [-0.15, -0.1) is 0 Å². The van der Waals surface area contributed by atoms with Gasteiger partial charge in [-0.3, -0.25) is 9.09 Å². The van der Waals surface area contributed by atoms with Crippen molar-refractivity contribution in [3.05, 3.63) is 12.7 Å². The molecule has 0 aromatic carbocycles. The normalized spacial score (nSPS) is 28.5. The van der Waals surface area contributed by atoms with Gasteiger partial charge in [0, 0.05) is 0 Å². The van der Waals surface area contributed by atoms with Crippen LogP contribution in [0.5, 0.6) is 0 Å². The van der Waals surface area contributed by atoms with Crippen LogP contribution in [0.3, 0.4) is 0 Å². The van der Waals surface area contributed by atoms with Crippen molar-refractivity contribution in [3.63, 3.8) is 0 Å². The number of ether oxygens (including phenoxy) is 1. The molecule has 1 aliphatic rings. The Morgan fingerprint density at radius 3 is 2.45 bits per heavy atom. The number of nitrogens with zero attached hydrogens (tertiary/aromatic N) is 4. The predicted octanol–water partition coefficient (Wildman–Crippen LogP) is -0.186. The van der Waals surface area contributed by atoms with Crippen LogP contribution in [0.15, 0.2) is 12.7 Å². The number of rotatable bonds is 8. The van der Waals surface area contributed by atoms with Crippen LogP contribution in [0.2, 0.25) is 0 Å². The maximum Gasteiger partial charge on any atom is 0.490 e. The van der Waals surface area contributed by atoms with Crippen LogP contribution >= 0.6 is 46.1 Å². The number of nitrogen functional groups attached to an aromatic ring is 1. The van der Waals surface area contributed by atoms with Gasteiger partial charge in [0.25, 0.3) is 0 Å². The molecular formula is C10H15IN5O12P3. The van der Waals surface area contributed by atoms with Crippen molar-refractivity contribution in [2.24, 2.45) is 0 Å². The van der Waals surface area contributed by atoms with Crippen molar-refractivity contribution in [2.45, 2.75) is 22.4 Å². The first-order chi connectivity index (χ1) is 14.2. The SMILES string of the molecule is Nc1ncnc2c1ncn2[C@@H]1O[C@H](COP(=O)(O)OP(=O)(O)OP(=O)(O)O)[C@@H](O)[C@H]1I. The van der Waals surface area contributed by atoms with Gasteiger partial charge in [-0.05, 0) is 0 Å². The maximum absolute atomic E-state index is 11.8. The summed E-state index contributed by atoms with van der Waals surface area (Å²) in [5.41, 5.74) is 6.33. The Morgan fingerprint density at radius 2 is 1.81 bits per heavy atom. The molecule has 0 saturated carbocycles. The van der Waals surface area contributed by atoms with Gasteiger partial charge in [0.1, 0.15) is 17.9 Å². The van der Waals surface area contributed by atoms with E-state index in [1.807, 2.05) is 22.6 Å². The number of halogens is 1. The zero-order valence-corrected chi connectivity index (χ0v) is 19.7. The van der Waals surface area contributed by atoms with Crippen LogP contribution < -0.4 is 5.73 Å². The topological polar surface area (TPSA) is 259 Å². The fraction of sp³-hybridized carbons (Fsp3) is 0.500. The first-order valence-electron chi connectivity index (χ1n) is 7.88. The number of aliphatic hydroxyl groups excluding tert-OH is 1. The Labute approximate surface area is 186 Å². The molecule has 0 aliphatic carbocycles. The lowest BCUT2D eigenvalue weighted by Crippen LogP contribution is -2.30. The van der Waals surface area contributed by atoms with Crippen molar-refractivity contribution < 1.29 is 56.3 Å². The molecular weight excluding hydrogens is 602 g/mol. The maximum atomic E-state index is 11.8. The lowest BCUT2D eigenvalue weighted by Gasteiger charge is -2.19. The fourth-order valence-corrected chi connectivity index (χ4v) is 6.60. The molecule has 7 N–H and O–H groups in total. The average molecular weight is 617 g/mol. The first-order valence-corrected chi connectivity index (χ1v) is 13.6. The fourth-order valence-electron chi connectivity index (χ4n) is 2.59. The number of aromatic nitrogens is 4. The van der Waals surface area contributed by atoms with E-state index in [0.29, 0.717) is 11.2 Å². The first kappa shape index (κ1) is 25.0. The molecule has 3 heterocycles. The van der Waals surface area contributed by atoms with E-state index in [2.05, 4.69) is 28.1 Å². The molecule has 2 aromatic heterocycles. The standard InChI is InChI=1S/C10H15IN5O12P3/c11-5-7(17)4(1-25-30(21,22)28-31(23,24)27-29(18,19)20)26-10(5)16-3-15-6-8(12)13-2-14-9(6)16/h2-5,7,10,17H,1H2,(H,21,22)(H,23,24)(H2,12,13,14)(H2,18,19,20)/t4-,5-,7-,10-/m1/s1. The van der Waals surface area contributed by atoms with Crippen molar-refractivity contribution in [1.82, 2.24) is 19.5 Å². The van der Waals surface area contributed by atoms with E-state index in [9.17, 15) is 23.7 Å². The van der Waals surface area contributed by atoms with Crippen LogP contribution in [-0.4, -0.2) is 66.9 Å². The monoisotopic (exact) mass is 617 g/mol. The van der Waals surface area contributed by atoms with Gasteiger partial charge in [-0.1, -0.05) is 22.6 Å². The molecule has 1 fully saturated rings.